The molecule has 1 fully saturated rings. The van der Waals surface area contributed by atoms with Crippen molar-refractivity contribution in [3.05, 3.63) is 24.5 Å². The largest absolute Gasteiger partial charge is 0.354 e. The Bertz CT molecular complexity index is 543. The predicted octanol–water partition coefficient (Wildman–Crippen LogP) is 1.68. The maximum absolute atomic E-state index is 12.0. The van der Waals surface area contributed by atoms with Crippen molar-refractivity contribution in [1.82, 2.24) is 20.5 Å². The van der Waals surface area contributed by atoms with Gasteiger partial charge in [0.15, 0.2) is 5.96 Å². The van der Waals surface area contributed by atoms with Gasteiger partial charge >= 0.3 is 0 Å². The summed E-state index contributed by atoms with van der Waals surface area (Å²) < 4.78 is 0. The smallest absolute Gasteiger partial charge is 0.243 e. The number of nitrogens with one attached hydrogen (secondary N) is 3. The van der Waals surface area contributed by atoms with E-state index in [9.17, 15) is 4.79 Å². The summed E-state index contributed by atoms with van der Waals surface area (Å²) in [6.07, 6.45) is 5.46. The Balaban J connectivity index is 0.00000312. The standard InChI is InChI=1S/C17H28N6O.HI/c1-13(2)23-9-6-14(7-10-23)22-17(18-3)20-12-16(24)21-15-5-4-8-19-11-15;/h4-5,8,11,13-14H,6-7,9-10,12H2,1-3H3,(H,21,24)(H2,18,20,22);1H. The summed E-state index contributed by atoms with van der Waals surface area (Å²) in [6, 6.07) is 4.58. The van der Waals surface area contributed by atoms with Crippen LogP contribution in [0.4, 0.5) is 5.69 Å². The van der Waals surface area contributed by atoms with Crippen LogP contribution >= 0.6 is 24.0 Å². The molecule has 2 rings (SSSR count). The molecule has 1 amide bonds. The molecule has 3 N–H and O–H groups in total. The molecule has 0 aromatic carbocycles. The van der Waals surface area contributed by atoms with Crippen LogP contribution in [0.15, 0.2) is 29.5 Å². The molecule has 140 valence electrons. The fourth-order valence-electron chi connectivity index (χ4n) is 2.75. The van der Waals surface area contributed by atoms with Crippen LogP contribution in [0.25, 0.3) is 0 Å². The molecule has 0 bridgehead atoms. The lowest BCUT2D eigenvalue weighted by atomic mass is 10.0. The minimum Gasteiger partial charge on any atom is -0.354 e. The number of likely N-dealkylation sites (tertiary alicyclic amines) is 1. The highest BCUT2D eigenvalue weighted by Crippen LogP contribution is 2.12. The van der Waals surface area contributed by atoms with Crippen molar-refractivity contribution in [1.29, 1.82) is 0 Å². The Morgan fingerprint density at radius 2 is 2.12 bits per heavy atom. The van der Waals surface area contributed by atoms with Gasteiger partial charge in [0.2, 0.25) is 5.91 Å². The molecule has 1 aliphatic rings. The number of halogens is 1. The van der Waals surface area contributed by atoms with Gasteiger partial charge in [0, 0.05) is 38.4 Å². The number of aromatic nitrogens is 1. The van der Waals surface area contributed by atoms with Gasteiger partial charge in [-0.25, -0.2) is 0 Å². The van der Waals surface area contributed by atoms with Gasteiger partial charge in [-0.05, 0) is 38.8 Å². The summed E-state index contributed by atoms with van der Waals surface area (Å²) in [6.45, 7) is 6.81. The van der Waals surface area contributed by atoms with E-state index in [-0.39, 0.29) is 36.4 Å². The summed E-state index contributed by atoms with van der Waals surface area (Å²) in [5.74, 6) is 0.542. The highest BCUT2D eigenvalue weighted by molar-refractivity contribution is 14.0. The Labute approximate surface area is 167 Å². The first-order chi connectivity index (χ1) is 11.6. The molecule has 25 heavy (non-hydrogen) atoms. The molecular formula is C17H29IN6O. The Kier molecular flexibility index (Phi) is 9.73. The number of carbonyl (C=O) groups excluding carboxylic acids is 1. The van der Waals surface area contributed by atoms with E-state index in [1.165, 1.54) is 0 Å². The molecule has 2 heterocycles. The number of anilines is 1. The lowest BCUT2D eigenvalue weighted by Gasteiger charge is -2.35. The first kappa shape index (κ1) is 21.6. The van der Waals surface area contributed by atoms with Crippen LogP contribution in [0, 0.1) is 0 Å². The second-order valence-electron chi connectivity index (χ2n) is 6.26. The molecule has 0 spiro atoms. The van der Waals surface area contributed by atoms with Crippen molar-refractivity contribution in [3.63, 3.8) is 0 Å². The fraction of sp³-hybridized carbons (Fsp3) is 0.588. The van der Waals surface area contributed by atoms with E-state index in [2.05, 4.69) is 44.7 Å². The Hall–Kier alpha value is -1.42. The zero-order chi connectivity index (χ0) is 17.4. The van der Waals surface area contributed by atoms with Gasteiger partial charge in [0.25, 0.3) is 0 Å². The predicted molar refractivity (Wildman–Crippen MR) is 113 cm³/mol. The van der Waals surface area contributed by atoms with Gasteiger partial charge in [-0.2, -0.15) is 0 Å². The molecule has 0 unspecified atom stereocenters. The SMILES string of the molecule is CN=C(NCC(=O)Nc1cccnc1)NC1CCN(C(C)C)CC1.I. The Morgan fingerprint density at radius 3 is 2.68 bits per heavy atom. The van der Waals surface area contributed by atoms with Crippen molar-refractivity contribution in [3.8, 4) is 0 Å². The molecule has 1 aliphatic heterocycles. The first-order valence-electron chi connectivity index (χ1n) is 8.49. The maximum Gasteiger partial charge on any atom is 0.243 e. The van der Waals surface area contributed by atoms with Crippen molar-refractivity contribution >= 4 is 41.5 Å². The molecular weight excluding hydrogens is 431 g/mol. The zero-order valence-electron chi connectivity index (χ0n) is 15.2. The van der Waals surface area contributed by atoms with Gasteiger partial charge < -0.3 is 20.9 Å². The van der Waals surface area contributed by atoms with Gasteiger partial charge in [-0.15, -0.1) is 24.0 Å². The highest BCUT2D eigenvalue weighted by atomic mass is 127. The van der Waals surface area contributed by atoms with E-state index in [1.54, 1.807) is 31.6 Å². The van der Waals surface area contributed by atoms with E-state index in [0.717, 1.165) is 25.9 Å². The second kappa shape index (κ2) is 11.2. The number of rotatable bonds is 5. The van der Waals surface area contributed by atoms with Crippen LogP contribution in [-0.2, 0) is 4.79 Å². The lowest BCUT2D eigenvalue weighted by Crippen LogP contribution is -2.50. The lowest BCUT2D eigenvalue weighted by molar-refractivity contribution is -0.115. The minimum atomic E-state index is -0.124. The van der Waals surface area contributed by atoms with Crippen molar-refractivity contribution in [2.45, 2.75) is 38.8 Å². The quantitative estimate of drug-likeness (QED) is 0.354. The molecule has 7 nitrogen and oxygen atoms in total. The van der Waals surface area contributed by atoms with Crippen LogP contribution in [0.2, 0.25) is 0 Å². The third kappa shape index (κ3) is 7.55. The van der Waals surface area contributed by atoms with E-state index in [4.69, 9.17) is 0 Å². The van der Waals surface area contributed by atoms with Gasteiger partial charge in [-0.3, -0.25) is 14.8 Å². The van der Waals surface area contributed by atoms with E-state index in [0.29, 0.717) is 23.7 Å². The normalized spacial score (nSPS) is 16.2. The Morgan fingerprint density at radius 1 is 1.40 bits per heavy atom. The molecule has 0 saturated carbocycles. The maximum atomic E-state index is 12.0. The van der Waals surface area contributed by atoms with Crippen LogP contribution in [0.1, 0.15) is 26.7 Å². The monoisotopic (exact) mass is 460 g/mol. The van der Waals surface area contributed by atoms with E-state index < -0.39 is 0 Å². The topological polar surface area (TPSA) is 81.6 Å². The molecule has 1 aromatic rings. The number of hydrogen-bond donors (Lipinski definition) is 3. The van der Waals surface area contributed by atoms with Crippen LogP contribution in [0.3, 0.4) is 0 Å². The van der Waals surface area contributed by atoms with Gasteiger partial charge in [-0.1, -0.05) is 0 Å². The van der Waals surface area contributed by atoms with Crippen LogP contribution in [-0.4, -0.2) is 60.5 Å². The third-order valence-electron chi connectivity index (χ3n) is 4.19. The summed E-state index contributed by atoms with van der Waals surface area (Å²) in [5, 5.41) is 9.26. The zero-order valence-corrected chi connectivity index (χ0v) is 17.5. The molecule has 8 heteroatoms. The number of hydrogen-bond acceptors (Lipinski definition) is 4. The molecule has 0 atom stereocenters. The van der Waals surface area contributed by atoms with Gasteiger partial charge in [0.05, 0.1) is 18.4 Å². The minimum absolute atomic E-state index is 0. The molecule has 1 aromatic heterocycles. The molecule has 0 aliphatic carbocycles. The molecule has 0 radical (unpaired) electrons. The highest BCUT2D eigenvalue weighted by Gasteiger charge is 2.21. The van der Waals surface area contributed by atoms with E-state index in [1.807, 2.05) is 0 Å². The average molecular weight is 460 g/mol. The number of nitrogens with zero attached hydrogens (tertiary/aromatic N) is 3. The average Bonchev–Trinajstić information content (AvgIpc) is 2.60. The molecule has 1 saturated heterocycles. The summed E-state index contributed by atoms with van der Waals surface area (Å²) in [5.41, 5.74) is 0.688. The number of piperidine rings is 1. The van der Waals surface area contributed by atoms with Gasteiger partial charge in [0.1, 0.15) is 0 Å². The number of amides is 1. The number of pyridine rings is 1. The third-order valence-corrected chi connectivity index (χ3v) is 4.19. The van der Waals surface area contributed by atoms with Crippen molar-refractivity contribution in [2.24, 2.45) is 4.99 Å². The first-order valence-corrected chi connectivity index (χ1v) is 8.49. The van der Waals surface area contributed by atoms with Crippen molar-refractivity contribution in [2.75, 3.05) is 32.0 Å². The van der Waals surface area contributed by atoms with Crippen molar-refractivity contribution < 1.29 is 4.79 Å². The summed E-state index contributed by atoms with van der Waals surface area (Å²) in [4.78, 5) is 22.6. The summed E-state index contributed by atoms with van der Waals surface area (Å²) >= 11 is 0. The second-order valence-corrected chi connectivity index (χ2v) is 6.26. The number of carbonyl (C=O) groups is 1. The number of guanidine groups is 1. The van der Waals surface area contributed by atoms with E-state index >= 15 is 0 Å². The van der Waals surface area contributed by atoms with Crippen LogP contribution in [0.5, 0.6) is 0 Å². The fourth-order valence-corrected chi connectivity index (χ4v) is 2.75. The van der Waals surface area contributed by atoms with Crippen LogP contribution < -0.4 is 16.0 Å². The number of aliphatic imine (C=N–C) groups is 1. The summed E-state index contributed by atoms with van der Waals surface area (Å²) in [7, 11) is 1.72.